The Morgan fingerprint density at radius 2 is 2.06 bits per heavy atom. The number of hydrogen-bond acceptors (Lipinski definition) is 3. The molecule has 1 N–H and O–H groups in total. The summed E-state index contributed by atoms with van der Waals surface area (Å²) in [5.74, 6) is 2.05. The fraction of sp³-hybridized carbons (Fsp3) is 0.385. The van der Waals surface area contributed by atoms with Crippen LogP contribution in [0.2, 0.25) is 4.34 Å². The van der Waals surface area contributed by atoms with Crippen LogP contribution in [-0.2, 0) is 19.4 Å². The van der Waals surface area contributed by atoms with Gasteiger partial charge in [-0.2, -0.15) is 0 Å². The summed E-state index contributed by atoms with van der Waals surface area (Å²) in [6.07, 6.45) is 1.96. The van der Waals surface area contributed by atoms with Gasteiger partial charge in [0.1, 0.15) is 11.5 Å². The Hall–Kier alpha value is -0.770. The second-order valence-corrected chi connectivity index (χ2v) is 5.65. The molecule has 0 atom stereocenters. The van der Waals surface area contributed by atoms with Crippen LogP contribution in [0, 0.1) is 0 Å². The van der Waals surface area contributed by atoms with Crippen molar-refractivity contribution in [3.63, 3.8) is 0 Å². The van der Waals surface area contributed by atoms with Crippen LogP contribution in [0.15, 0.2) is 28.7 Å². The molecule has 0 saturated heterocycles. The third kappa shape index (κ3) is 3.87. The van der Waals surface area contributed by atoms with Gasteiger partial charge in [0.05, 0.1) is 10.9 Å². The first-order valence-corrected chi connectivity index (χ1v) is 7.00. The van der Waals surface area contributed by atoms with E-state index in [0.29, 0.717) is 0 Å². The minimum absolute atomic E-state index is 0.791. The summed E-state index contributed by atoms with van der Waals surface area (Å²) in [5, 5.41) is 3.37. The summed E-state index contributed by atoms with van der Waals surface area (Å²) in [7, 11) is 0. The van der Waals surface area contributed by atoms with Crippen LogP contribution in [0.3, 0.4) is 0 Å². The maximum absolute atomic E-state index is 5.87. The van der Waals surface area contributed by atoms with E-state index in [4.69, 9.17) is 16.0 Å². The van der Waals surface area contributed by atoms with Crippen molar-refractivity contribution < 1.29 is 4.42 Å². The van der Waals surface area contributed by atoms with Gasteiger partial charge in [0.15, 0.2) is 0 Å². The summed E-state index contributed by atoms with van der Waals surface area (Å²) >= 11 is 7.51. The molecule has 2 nitrogen and oxygen atoms in total. The maximum atomic E-state index is 5.87. The molecule has 0 aliphatic carbocycles. The van der Waals surface area contributed by atoms with Gasteiger partial charge < -0.3 is 9.73 Å². The van der Waals surface area contributed by atoms with Crippen LogP contribution >= 0.6 is 22.9 Å². The van der Waals surface area contributed by atoms with Crippen molar-refractivity contribution in [3.8, 4) is 0 Å². The topological polar surface area (TPSA) is 25.2 Å². The molecular weight excluding hydrogens is 254 g/mol. The average Bonchev–Trinajstić information content (AvgIpc) is 2.93. The highest BCUT2D eigenvalue weighted by Crippen LogP contribution is 2.21. The molecule has 92 valence electrons. The van der Waals surface area contributed by atoms with E-state index in [-0.39, 0.29) is 0 Å². The molecule has 2 aromatic rings. The highest BCUT2D eigenvalue weighted by molar-refractivity contribution is 7.16. The second kappa shape index (κ2) is 6.24. The van der Waals surface area contributed by atoms with Gasteiger partial charge in [0.25, 0.3) is 0 Å². The maximum Gasteiger partial charge on any atom is 0.117 e. The molecule has 0 aliphatic heterocycles. The zero-order chi connectivity index (χ0) is 12.1. The molecule has 0 unspecified atom stereocenters. The minimum atomic E-state index is 0.791. The Morgan fingerprint density at radius 1 is 1.24 bits per heavy atom. The van der Waals surface area contributed by atoms with Crippen LogP contribution in [-0.4, -0.2) is 6.54 Å². The van der Waals surface area contributed by atoms with Gasteiger partial charge >= 0.3 is 0 Å². The first-order valence-electron chi connectivity index (χ1n) is 5.80. The number of thiophene rings is 1. The van der Waals surface area contributed by atoms with Gasteiger partial charge in [-0.15, -0.1) is 11.3 Å². The van der Waals surface area contributed by atoms with Crippen molar-refractivity contribution in [1.29, 1.82) is 0 Å². The molecule has 2 rings (SSSR count). The highest BCUT2D eigenvalue weighted by Gasteiger charge is 2.01. The molecule has 0 amide bonds. The quantitative estimate of drug-likeness (QED) is 0.805. The standard InChI is InChI=1S/C13H16ClNOS/c1-2-10-3-4-11(16-10)9-15-8-7-12-5-6-13(14)17-12/h3-6,15H,2,7-9H2,1H3. The van der Waals surface area contributed by atoms with Gasteiger partial charge in [-0.25, -0.2) is 0 Å². The summed E-state index contributed by atoms with van der Waals surface area (Å²) < 4.78 is 6.47. The lowest BCUT2D eigenvalue weighted by Crippen LogP contribution is -2.15. The largest absolute Gasteiger partial charge is 0.465 e. The van der Waals surface area contributed by atoms with Crippen LogP contribution in [0.25, 0.3) is 0 Å². The molecule has 0 fully saturated rings. The third-order valence-electron chi connectivity index (χ3n) is 2.54. The monoisotopic (exact) mass is 269 g/mol. The molecule has 0 aliphatic rings. The molecule has 0 bridgehead atoms. The van der Waals surface area contributed by atoms with Crippen LogP contribution in [0.5, 0.6) is 0 Å². The van der Waals surface area contributed by atoms with E-state index in [0.717, 1.165) is 41.8 Å². The summed E-state index contributed by atoms with van der Waals surface area (Å²) in [5.41, 5.74) is 0. The van der Waals surface area contributed by atoms with E-state index in [1.165, 1.54) is 4.88 Å². The fourth-order valence-corrected chi connectivity index (χ4v) is 2.70. The molecule has 0 saturated carbocycles. The molecule has 4 heteroatoms. The molecule has 0 radical (unpaired) electrons. The SMILES string of the molecule is CCc1ccc(CNCCc2ccc(Cl)s2)o1. The lowest BCUT2D eigenvalue weighted by atomic mass is 10.3. The lowest BCUT2D eigenvalue weighted by Gasteiger charge is -2.01. The molecular formula is C13H16ClNOS. The van der Waals surface area contributed by atoms with Crippen LogP contribution in [0.4, 0.5) is 0 Å². The van der Waals surface area contributed by atoms with E-state index >= 15 is 0 Å². The Balaban J connectivity index is 1.69. The van der Waals surface area contributed by atoms with Crippen molar-refractivity contribution in [2.24, 2.45) is 0 Å². The van der Waals surface area contributed by atoms with Crippen molar-refractivity contribution in [2.75, 3.05) is 6.54 Å². The van der Waals surface area contributed by atoms with Crippen molar-refractivity contribution in [1.82, 2.24) is 5.32 Å². The van der Waals surface area contributed by atoms with E-state index in [1.54, 1.807) is 11.3 Å². The first kappa shape index (κ1) is 12.7. The summed E-state index contributed by atoms with van der Waals surface area (Å²) in [4.78, 5) is 1.32. The van der Waals surface area contributed by atoms with Crippen molar-refractivity contribution >= 4 is 22.9 Å². The molecule has 2 heterocycles. The van der Waals surface area contributed by atoms with Crippen molar-refractivity contribution in [2.45, 2.75) is 26.3 Å². The molecule has 0 aromatic carbocycles. The molecule has 2 aromatic heterocycles. The van der Waals surface area contributed by atoms with E-state index in [1.807, 2.05) is 18.2 Å². The fourth-order valence-electron chi connectivity index (χ4n) is 1.62. The minimum Gasteiger partial charge on any atom is -0.465 e. The van der Waals surface area contributed by atoms with Gasteiger partial charge in [-0.1, -0.05) is 18.5 Å². The Kier molecular flexibility index (Phi) is 4.66. The Bertz CT molecular complexity index is 463. The zero-order valence-electron chi connectivity index (χ0n) is 9.83. The van der Waals surface area contributed by atoms with Crippen molar-refractivity contribution in [3.05, 3.63) is 45.0 Å². The van der Waals surface area contributed by atoms with E-state index in [9.17, 15) is 0 Å². The normalized spacial score (nSPS) is 10.9. The van der Waals surface area contributed by atoms with Gasteiger partial charge in [-0.3, -0.25) is 0 Å². The summed E-state index contributed by atoms with van der Waals surface area (Å²) in [6.45, 7) is 3.83. The molecule has 17 heavy (non-hydrogen) atoms. The number of halogens is 1. The van der Waals surface area contributed by atoms with E-state index < -0.39 is 0 Å². The van der Waals surface area contributed by atoms with Crippen LogP contribution in [0.1, 0.15) is 23.3 Å². The number of furan rings is 1. The summed E-state index contributed by atoms with van der Waals surface area (Å²) in [6, 6.07) is 8.10. The predicted molar refractivity (Wildman–Crippen MR) is 72.8 cm³/mol. The predicted octanol–water partition coefficient (Wildman–Crippen LogP) is 3.89. The molecule has 0 spiro atoms. The van der Waals surface area contributed by atoms with Gasteiger partial charge in [0.2, 0.25) is 0 Å². The van der Waals surface area contributed by atoms with Gasteiger partial charge in [0, 0.05) is 17.8 Å². The second-order valence-electron chi connectivity index (χ2n) is 3.85. The first-order chi connectivity index (χ1) is 8.28. The Labute approximate surface area is 111 Å². The smallest absolute Gasteiger partial charge is 0.117 e. The third-order valence-corrected chi connectivity index (χ3v) is 3.83. The van der Waals surface area contributed by atoms with Gasteiger partial charge in [-0.05, 0) is 30.7 Å². The number of nitrogens with one attached hydrogen (secondary N) is 1. The zero-order valence-corrected chi connectivity index (χ0v) is 11.4. The lowest BCUT2D eigenvalue weighted by molar-refractivity contribution is 0.451. The highest BCUT2D eigenvalue weighted by atomic mass is 35.5. The number of hydrogen-bond donors (Lipinski definition) is 1. The van der Waals surface area contributed by atoms with E-state index in [2.05, 4.69) is 18.3 Å². The average molecular weight is 270 g/mol. The van der Waals surface area contributed by atoms with Crippen LogP contribution < -0.4 is 5.32 Å². The number of rotatable bonds is 6. The Morgan fingerprint density at radius 3 is 2.71 bits per heavy atom. The number of aryl methyl sites for hydroxylation is 1.